The van der Waals surface area contributed by atoms with Crippen molar-refractivity contribution in [2.45, 2.75) is 26.3 Å². The Morgan fingerprint density at radius 2 is 2.23 bits per heavy atom. The first-order chi connectivity index (χ1) is 6.13. The van der Waals surface area contributed by atoms with Crippen molar-refractivity contribution in [3.63, 3.8) is 0 Å². The molecule has 1 unspecified atom stereocenters. The Balaban J connectivity index is 3.79. The minimum atomic E-state index is -0.175. The fourth-order valence-corrected chi connectivity index (χ4v) is 0.977. The van der Waals surface area contributed by atoms with Crippen LogP contribution >= 0.6 is 0 Å². The van der Waals surface area contributed by atoms with E-state index in [2.05, 4.69) is 0 Å². The normalized spacial score (nSPS) is 13.0. The number of hydrogen-bond acceptors (Lipinski definition) is 4. The van der Waals surface area contributed by atoms with Crippen LogP contribution in [0.2, 0.25) is 0 Å². The van der Waals surface area contributed by atoms with E-state index in [4.69, 9.17) is 10.5 Å². The molecule has 0 saturated heterocycles. The number of rotatable bonds is 6. The smallest absolute Gasteiger partial charge is 0.323 e. The van der Waals surface area contributed by atoms with Gasteiger partial charge in [-0.2, -0.15) is 0 Å². The largest absolute Gasteiger partial charge is 0.465 e. The molecule has 1 atom stereocenters. The summed E-state index contributed by atoms with van der Waals surface area (Å²) in [6, 6.07) is -0.175. The summed E-state index contributed by atoms with van der Waals surface area (Å²) in [6.45, 7) is 5.57. The van der Waals surface area contributed by atoms with Gasteiger partial charge in [0, 0.05) is 0 Å². The Kier molecular flexibility index (Phi) is 6.54. The van der Waals surface area contributed by atoms with E-state index < -0.39 is 0 Å². The number of nitrogens with two attached hydrogens (primary N) is 1. The van der Waals surface area contributed by atoms with E-state index in [0.717, 1.165) is 13.0 Å². The third-order valence-corrected chi connectivity index (χ3v) is 2.00. The quantitative estimate of drug-likeness (QED) is 0.606. The van der Waals surface area contributed by atoms with Gasteiger partial charge < -0.3 is 10.5 Å². The lowest BCUT2D eigenvalue weighted by atomic mass is 10.3. The lowest BCUT2D eigenvalue weighted by Gasteiger charge is -2.22. The molecule has 0 spiro atoms. The van der Waals surface area contributed by atoms with Gasteiger partial charge in [0.25, 0.3) is 0 Å². The number of hydrogen-bond donors (Lipinski definition) is 1. The number of carbonyl (C=O) groups is 1. The standard InChI is InChI=1S/C9H20N2O2/c1-4-13-9(12)8(2)11(3)7-5-6-10/h8H,4-7,10H2,1-3H3. The summed E-state index contributed by atoms with van der Waals surface area (Å²) >= 11 is 0. The van der Waals surface area contributed by atoms with Crippen molar-refractivity contribution in [1.29, 1.82) is 0 Å². The average molecular weight is 188 g/mol. The molecule has 0 aliphatic heterocycles. The lowest BCUT2D eigenvalue weighted by molar-refractivity contribution is -0.148. The highest BCUT2D eigenvalue weighted by Crippen LogP contribution is 1.99. The second kappa shape index (κ2) is 6.86. The van der Waals surface area contributed by atoms with Crippen LogP contribution in [0.25, 0.3) is 0 Å². The molecule has 0 amide bonds. The van der Waals surface area contributed by atoms with Crippen LogP contribution in [0.1, 0.15) is 20.3 Å². The molecule has 0 saturated carbocycles. The van der Waals surface area contributed by atoms with Crippen LogP contribution in [0.4, 0.5) is 0 Å². The van der Waals surface area contributed by atoms with E-state index in [9.17, 15) is 4.79 Å². The number of carbonyl (C=O) groups excluding carboxylic acids is 1. The summed E-state index contributed by atoms with van der Waals surface area (Å²) in [5.74, 6) is -0.165. The maximum absolute atomic E-state index is 11.3. The highest BCUT2D eigenvalue weighted by atomic mass is 16.5. The average Bonchev–Trinajstić information content (AvgIpc) is 2.13. The maximum atomic E-state index is 11.3. The van der Waals surface area contributed by atoms with Crippen LogP contribution in [0.5, 0.6) is 0 Å². The van der Waals surface area contributed by atoms with Crippen LogP contribution in [0, 0.1) is 0 Å². The summed E-state index contributed by atoms with van der Waals surface area (Å²) in [5.41, 5.74) is 5.37. The highest BCUT2D eigenvalue weighted by molar-refractivity contribution is 5.75. The molecule has 0 radical (unpaired) electrons. The van der Waals surface area contributed by atoms with Gasteiger partial charge in [-0.3, -0.25) is 9.69 Å². The Hall–Kier alpha value is -0.610. The van der Waals surface area contributed by atoms with Crippen LogP contribution < -0.4 is 5.73 Å². The van der Waals surface area contributed by atoms with Crippen LogP contribution in [0.3, 0.4) is 0 Å². The van der Waals surface area contributed by atoms with Gasteiger partial charge in [-0.05, 0) is 40.4 Å². The van der Waals surface area contributed by atoms with Crippen molar-refractivity contribution >= 4 is 5.97 Å². The molecular formula is C9H20N2O2. The van der Waals surface area contributed by atoms with Gasteiger partial charge in [-0.15, -0.1) is 0 Å². The fraction of sp³-hybridized carbons (Fsp3) is 0.889. The first kappa shape index (κ1) is 12.4. The van der Waals surface area contributed by atoms with Crippen LogP contribution in [0.15, 0.2) is 0 Å². The fourth-order valence-electron chi connectivity index (χ4n) is 0.977. The summed E-state index contributed by atoms with van der Waals surface area (Å²) in [5, 5.41) is 0. The van der Waals surface area contributed by atoms with E-state index in [0.29, 0.717) is 13.2 Å². The predicted octanol–water partition coefficient (Wildman–Crippen LogP) is 0.219. The lowest BCUT2D eigenvalue weighted by Crippen LogP contribution is -2.38. The van der Waals surface area contributed by atoms with E-state index in [1.165, 1.54) is 0 Å². The third-order valence-electron chi connectivity index (χ3n) is 2.00. The number of likely N-dealkylation sites (N-methyl/N-ethyl adjacent to an activating group) is 1. The summed E-state index contributed by atoms with van der Waals surface area (Å²) < 4.78 is 4.89. The van der Waals surface area contributed by atoms with Gasteiger partial charge in [-0.25, -0.2) is 0 Å². The van der Waals surface area contributed by atoms with Crippen LogP contribution in [-0.2, 0) is 9.53 Å². The van der Waals surface area contributed by atoms with E-state index in [1.807, 2.05) is 25.8 Å². The predicted molar refractivity (Wildman–Crippen MR) is 52.4 cm³/mol. The molecule has 0 aliphatic rings. The van der Waals surface area contributed by atoms with Crippen molar-refractivity contribution in [2.24, 2.45) is 5.73 Å². The summed E-state index contributed by atoms with van der Waals surface area (Å²) in [7, 11) is 1.90. The van der Waals surface area contributed by atoms with E-state index >= 15 is 0 Å². The molecule has 0 fully saturated rings. The van der Waals surface area contributed by atoms with Crippen molar-refractivity contribution in [3.8, 4) is 0 Å². The van der Waals surface area contributed by atoms with Gasteiger partial charge in [0.05, 0.1) is 6.61 Å². The van der Waals surface area contributed by atoms with Gasteiger partial charge in [0.1, 0.15) is 6.04 Å². The molecular weight excluding hydrogens is 168 g/mol. The summed E-state index contributed by atoms with van der Waals surface area (Å²) in [4.78, 5) is 13.2. The molecule has 0 aromatic rings. The zero-order valence-corrected chi connectivity index (χ0v) is 8.75. The SMILES string of the molecule is CCOC(=O)C(C)N(C)CCCN. The first-order valence-electron chi connectivity index (χ1n) is 4.70. The minimum Gasteiger partial charge on any atom is -0.465 e. The molecule has 0 bridgehead atoms. The zero-order valence-electron chi connectivity index (χ0n) is 8.75. The molecule has 78 valence electrons. The monoisotopic (exact) mass is 188 g/mol. The molecule has 0 aromatic heterocycles. The molecule has 13 heavy (non-hydrogen) atoms. The number of esters is 1. The second-order valence-corrected chi connectivity index (χ2v) is 3.05. The first-order valence-corrected chi connectivity index (χ1v) is 4.70. The van der Waals surface area contributed by atoms with Gasteiger partial charge in [-0.1, -0.05) is 0 Å². The van der Waals surface area contributed by atoms with Crippen molar-refractivity contribution in [2.75, 3.05) is 26.7 Å². The zero-order chi connectivity index (χ0) is 10.3. The Morgan fingerprint density at radius 1 is 1.62 bits per heavy atom. The molecule has 2 N–H and O–H groups in total. The van der Waals surface area contributed by atoms with Gasteiger partial charge >= 0.3 is 5.97 Å². The minimum absolute atomic E-state index is 0.165. The van der Waals surface area contributed by atoms with E-state index in [-0.39, 0.29) is 12.0 Å². The molecule has 4 heteroatoms. The van der Waals surface area contributed by atoms with E-state index in [1.54, 1.807) is 0 Å². The topological polar surface area (TPSA) is 55.6 Å². The summed E-state index contributed by atoms with van der Waals surface area (Å²) in [6.07, 6.45) is 0.903. The third kappa shape index (κ3) is 4.85. The second-order valence-electron chi connectivity index (χ2n) is 3.05. The van der Waals surface area contributed by atoms with Gasteiger partial charge in [0.15, 0.2) is 0 Å². The van der Waals surface area contributed by atoms with Crippen LogP contribution in [-0.4, -0.2) is 43.7 Å². The van der Waals surface area contributed by atoms with Gasteiger partial charge in [0.2, 0.25) is 0 Å². The number of nitrogens with zero attached hydrogens (tertiary/aromatic N) is 1. The molecule has 0 aromatic carbocycles. The Labute approximate surface area is 80.0 Å². The number of ether oxygens (including phenoxy) is 1. The Bertz CT molecular complexity index is 151. The maximum Gasteiger partial charge on any atom is 0.323 e. The molecule has 0 heterocycles. The van der Waals surface area contributed by atoms with Crippen molar-refractivity contribution < 1.29 is 9.53 Å². The highest BCUT2D eigenvalue weighted by Gasteiger charge is 2.17. The molecule has 0 rings (SSSR count). The van der Waals surface area contributed by atoms with Crippen molar-refractivity contribution in [1.82, 2.24) is 4.90 Å². The van der Waals surface area contributed by atoms with Crippen molar-refractivity contribution in [3.05, 3.63) is 0 Å². The molecule has 0 aliphatic carbocycles. The molecule has 4 nitrogen and oxygen atoms in total. The Morgan fingerprint density at radius 3 is 2.69 bits per heavy atom.